The van der Waals surface area contributed by atoms with Crippen LogP contribution in [0.4, 0.5) is 0 Å². The Morgan fingerprint density at radius 1 is 1.54 bits per heavy atom. The zero-order valence-corrected chi connectivity index (χ0v) is 8.33. The largest absolute Gasteiger partial charge is 0.328 e. The average molecular weight is 179 g/mol. The van der Waals surface area contributed by atoms with Gasteiger partial charge in [-0.1, -0.05) is 6.92 Å². The van der Waals surface area contributed by atoms with Crippen LogP contribution in [0.5, 0.6) is 0 Å². The highest BCUT2D eigenvalue weighted by atomic mass is 14.9. The minimum absolute atomic E-state index is 0.171. The van der Waals surface area contributed by atoms with Crippen LogP contribution in [-0.2, 0) is 12.8 Å². The molecular weight excluding hydrogens is 162 g/mol. The second kappa shape index (κ2) is 4.92. The predicted molar refractivity (Wildman–Crippen MR) is 53.4 cm³/mol. The third-order valence-corrected chi connectivity index (χ3v) is 1.77. The van der Waals surface area contributed by atoms with Gasteiger partial charge >= 0.3 is 0 Å². The molecule has 3 heteroatoms. The maximum atomic E-state index is 5.69. The summed E-state index contributed by atoms with van der Waals surface area (Å²) in [6.07, 6.45) is 4.68. The van der Waals surface area contributed by atoms with Crippen molar-refractivity contribution in [1.29, 1.82) is 0 Å². The summed E-state index contributed by atoms with van der Waals surface area (Å²) < 4.78 is 0. The number of rotatable bonds is 4. The fourth-order valence-electron chi connectivity index (χ4n) is 1.23. The average Bonchev–Trinajstić information content (AvgIpc) is 2.04. The van der Waals surface area contributed by atoms with Crippen molar-refractivity contribution in [3.05, 3.63) is 23.8 Å². The Morgan fingerprint density at radius 2 is 2.31 bits per heavy atom. The van der Waals surface area contributed by atoms with Gasteiger partial charge in [-0.3, -0.25) is 0 Å². The normalized spacial score (nSPS) is 12.8. The van der Waals surface area contributed by atoms with E-state index >= 15 is 0 Å². The Kier molecular flexibility index (Phi) is 3.83. The molecule has 13 heavy (non-hydrogen) atoms. The fraction of sp³-hybridized carbons (Fsp3) is 0.600. The first kappa shape index (κ1) is 10.1. The van der Waals surface area contributed by atoms with Crippen molar-refractivity contribution < 1.29 is 0 Å². The van der Waals surface area contributed by atoms with Crippen molar-refractivity contribution in [2.24, 2.45) is 5.73 Å². The monoisotopic (exact) mass is 179 g/mol. The maximum Gasteiger partial charge on any atom is 0.128 e. The summed E-state index contributed by atoms with van der Waals surface area (Å²) >= 11 is 0. The minimum atomic E-state index is 0.171. The summed E-state index contributed by atoms with van der Waals surface area (Å²) in [5, 5.41) is 0. The molecule has 0 aliphatic heterocycles. The quantitative estimate of drug-likeness (QED) is 0.758. The molecule has 0 radical (unpaired) electrons. The van der Waals surface area contributed by atoms with E-state index in [4.69, 9.17) is 5.73 Å². The number of aryl methyl sites for hydroxylation is 1. The molecule has 0 spiro atoms. The Hall–Kier alpha value is -0.960. The number of hydrogen-bond donors (Lipinski definition) is 1. The van der Waals surface area contributed by atoms with Gasteiger partial charge in [-0.25, -0.2) is 9.97 Å². The van der Waals surface area contributed by atoms with Gasteiger partial charge in [0.05, 0.1) is 0 Å². The zero-order chi connectivity index (χ0) is 9.68. The van der Waals surface area contributed by atoms with Crippen LogP contribution in [0, 0.1) is 0 Å². The van der Waals surface area contributed by atoms with Gasteiger partial charge in [0.15, 0.2) is 0 Å². The van der Waals surface area contributed by atoms with Crippen LogP contribution in [0.3, 0.4) is 0 Å². The van der Waals surface area contributed by atoms with Crippen LogP contribution in [0.15, 0.2) is 12.3 Å². The lowest BCUT2D eigenvalue weighted by molar-refractivity contribution is 0.707. The van der Waals surface area contributed by atoms with Crippen molar-refractivity contribution in [3.8, 4) is 0 Å². The van der Waals surface area contributed by atoms with Gasteiger partial charge in [0.2, 0.25) is 0 Å². The molecule has 1 aromatic heterocycles. The van der Waals surface area contributed by atoms with Gasteiger partial charge in [-0.15, -0.1) is 0 Å². The van der Waals surface area contributed by atoms with Crippen LogP contribution >= 0.6 is 0 Å². The molecule has 1 unspecified atom stereocenters. The van der Waals surface area contributed by atoms with E-state index in [1.807, 2.05) is 19.2 Å². The molecule has 0 bridgehead atoms. The van der Waals surface area contributed by atoms with Gasteiger partial charge in [-0.05, 0) is 19.4 Å². The molecule has 0 aliphatic rings. The predicted octanol–water partition coefficient (Wildman–Crippen LogP) is 1.32. The summed E-state index contributed by atoms with van der Waals surface area (Å²) in [6, 6.07) is 2.10. The zero-order valence-electron chi connectivity index (χ0n) is 8.33. The van der Waals surface area contributed by atoms with Crippen molar-refractivity contribution in [2.45, 2.75) is 39.2 Å². The van der Waals surface area contributed by atoms with Crippen LogP contribution in [-0.4, -0.2) is 16.0 Å². The molecule has 0 amide bonds. The Balaban J connectivity index is 2.67. The molecule has 0 aliphatic carbocycles. The summed E-state index contributed by atoms with van der Waals surface area (Å²) in [6.45, 7) is 4.11. The van der Waals surface area contributed by atoms with Crippen LogP contribution in [0.2, 0.25) is 0 Å². The van der Waals surface area contributed by atoms with Crippen molar-refractivity contribution in [3.63, 3.8) is 0 Å². The number of hydrogen-bond acceptors (Lipinski definition) is 3. The molecule has 1 atom stereocenters. The van der Waals surface area contributed by atoms with Crippen molar-refractivity contribution in [2.75, 3.05) is 0 Å². The van der Waals surface area contributed by atoms with Crippen LogP contribution in [0.25, 0.3) is 0 Å². The molecule has 1 heterocycles. The lowest BCUT2D eigenvalue weighted by atomic mass is 10.2. The van der Waals surface area contributed by atoms with E-state index in [2.05, 4.69) is 16.9 Å². The molecular formula is C10H17N3. The highest BCUT2D eigenvalue weighted by Gasteiger charge is 2.00. The first-order chi connectivity index (χ1) is 6.22. The minimum Gasteiger partial charge on any atom is -0.328 e. The molecule has 0 saturated carbocycles. The van der Waals surface area contributed by atoms with E-state index in [0.717, 1.165) is 30.8 Å². The van der Waals surface area contributed by atoms with E-state index in [-0.39, 0.29) is 6.04 Å². The van der Waals surface area contributed by atoms with E-state index in [9.17, 15) is 0 Å². The SMILES string of the molecule is CCCc1nccc(CC(C)N)n1. The number of nitrogens with zero attached hydrogens (tertiary/aromatic N) is 2. The first-order valence-corrected chi connectivity index (χ1v) is 4.78. The van der Waals surface area contributed by atoms with Gasteiger partial charge in [-0.2, -0.15) is 0 Å². The van der Waals surface area contributed by atoms with E-state index < -0.39 is 0 Å². The smallest absolute Gasteiger partial charge is 0.128 e. The summed E-state index contributed by atoms with van der Waals surface area (Å²) in [5.74, 6) is 0.931. The second-order valence-corrected chi connectivity index (χ2v) is 3.40. The van der Waals surface area contributed by atoms with E-state index in [1.165, 1.54) is 0 Å². The number of aromatic nitrogens is 2. The number of nitrogens with two attached hydrogens (primary N) is 1. The molecule has 0 saturated heterocycles. The molecule has 1 aromatic rings. The topological polar surface area (TPSA) is 51.8 Å². The fourth-order valence-corrected chi connectivity index (χ4v) is 1.23. The maximum absolute atomic E-state index is 5.69. The summed E-state index contributed by atoms with van der Waals surface area (Å²) in [4.78, 5) is 8.60. The van der Waals surface area contributed by atoms with E-state index in [0.29, 0.717) is 0 Å². The van der Waals surface area contributed by atoms with Gasteiger partial charge in [0.25, 0.3) is 0 Å². The first-order valence-electron chi connectivity index (χ1n) is 4.78. The van der Waals surface area contributed by atoms with Gasteiger partial charge in [0, 0.05) is 30.8 Å². The Bertz CT molecular complexity index is 258. The molecule has 72 valence electrons. The van der Waals surface area contributed by atoms with Gasteiger partial charge < -0.3 is 5.73 Å². The standard InChI is InChI=1S/C10H17N3/c1-3-4-10-12-6-5-9(13-10)7-8(2)11/h5-6,8H,3-4,7,11H2,1-2H3. The summed E-state index contributed by atoms with van der Waals surface area (Å²) in [5.41, 5.74) is 6.74. The lowest BCUT2D eigenvalue weighted by Gasteiger charge is -2.05. The van der Waals surface area contributed by atoms with Crippen LogP contribution < -0.4 is 5.73 Å². The van der Waals surface area contributed by atoms with Crippen LogP contribution in [0.1, 0.15) is 31.8 Å². The van der Waals surface area contributed by atoms with E-state index in [1.54, 1.807) is 0 Å². The summed E-state index contributed by atoms with van der Waals surface area (Å²) in [7, 11) is 0. The lowest BCUT2D eigenvalue weighted by Crippen LogP contribution is -2.18. The van der Waals surface area contributed by atoms with Gasteiger partial charge in [0.1, 0.15) is 5.82 Å². The van der Waals surface area contributed by atoms with Crippen molar-refractivity contribution in [1.82, 2.24) is 9.97 Å². The Labute approximate surface area is 79.4 Å². The molecule has 1 rings (SSSR count). The molecule has 3 nitrogen and oxygen atoms in total. The molecule has 0 aromatic carbocycles. The third-order valence-electron chi connectivity index (χ3n) is 1.77. The Morgan fingerprint density at radius 3 is 2.92 bits per heavy atom. The molecule has 0 fully saturated rings. The third kappa shape index (κ3) is 3.51. The molecule has 2 N–H and O–H groups in total. The highest BCUT2D eigenvalue weighted by molar-refractivity contribution is 5.03. The van der Waals surface area contributed by atoms with Crippen molar-refractivity contribution >= 4 is 0 Å². The highest BCUT2D eigenvalue weighted by Crippen LogP contribution is 2.00. The second-order valence-electron chi connectivity index (χ2n) is 3.40.